The molecule has 7 nitrogen and oxygen atoms in total. The van der Waals surface area contributed by atoms with Crippen molar-refractivity contribution in [3.63, 3.8) is 0 Å². The molecule has 0 bridgehead atoms. The largest absolute Gasteiger partial charge is 0.352 e. The number of hydrogen-bond acceptors (Lipinski definition) is 5. The normalized spacial score (nSPS) is 15.5. The minimum atomic E-state index is -0.284. The predicted molar refractivity (Wildman–Crippen MR) is 119 cm³/mol. The van der Waals surface area contributed by atoms with E-state index in [1.54, 1.807) is 22.8 Å². The highest BCUT2D eigenvalue weighted by atomic mass is 19.1. The number of hydrogen-bond donors (Lipinski definition) is 1. The molecule has 1 saturated heterocycles. The zero-order valence-corrected chi connectivity index (χ0v) is 18.4. The van der Waals surface area contributed by atoms with Gasteiger partial charge in [-0.2, -0.15) is 5.10 Å². The van der Waals surface area contributed by atoms with E-state index in [9.17, 15) is 9.18 Å². The van der Waals surface area contributed by atoms with Crippen molar-refractivity contribution in [1.82, 2.24) is 29.7 Å². The van der Waals surface area contributed by atoms with E-state index < -0.39 is 0 Å². The van der Waals surface area contributed by atoms with Crippen molar-refractivity contribution in [3.8, 4) is 11.1 Å². The molecule has 0 aliphatic carbocycles. The zero-order chi connectivity index (χ0) is 22.0. The molecule has 0 atom stereocenters. The van der Waals surface area contributed by atoms with Crippen LogP contribution in [-0.4, -0.2) is 76.6 Å². The molecule has 4 rings (SSSR count). The van der Waals surface area contributed by atoms with E-state index in [2.05, 4.69) is 32.2 Å². The number of benzene rings is 1. The molecule has 1 amide bonds. The fourth-order valence-electron chi connectivity index (χ4n) is 4.05. The fourth-order valence-corrected chi connectivity index (χ4v) is 4.05. The van der Waals surface area contributed by atoms with Crippen molar-refractivity contribution in [1.29, 1.82) is 0 Å². The van der Waals surface area contributed by atoms with Crippen LogP contribution in [0.2, 0.25) is 0 Å². The van der Waals surface area contributed by atoms with Gasteiger partial charge in [-0.3, -0.25) is 4.79 Å². The molecule has 0 spiro atoms. The Bertz CT molecular complexity index is 1070. The van der Waals surface area contributed by atoms with Crippen molar-refractivity contribution in [2.24, 2.45) is 0 Å². The van der Waals surface area contributed by atoms with Crippen LogP contribution in [0.5, 0.6) is 0 Å². The van der Waals surface area contributed by atoms with Crippen LogP contribution in [0.25, 0.3) is 16.8 Å². The average molecular weight is 425 g/mol. The van der Waals surface area contributed by atoms with Crippen LogP contribution in [0, 0.1) is 19.7 Å². The first-order valence-electron chi connectivity index (χ1n) is 10.7. The SMILES string of the molecule is Cc1nn2c(C)c(C(=O)NCCCN3CCN(C)CC3)cnc2c1-c1ccc(F)cc1. The summed E-state index contributed by atoms with van der Waals surface area (Å²) in [7, 11) is 2.15. The van der Waals surface area contributed by atoms with Crippen LogP contribution in [-0.2, 0) is 0 Å². The monoisotopic (exact) mass is 424 g/mol. The van der Waals surface area contributed by atoms with Gasteiger partial charge in [0.15, 0.2) is 5.65 Å². The first-order chi connectivity index (χ1) is 14.9. The molecule has 1 N–H and O–H groups in total. The predicted octanol–water partition coefficient (Wildman–Crippen LogP) is 2.52. The second-order valence-corrected chi connectivity index (χ2v) is 8.21. The number of amides is 1. The Kier molecular flexibility index (Phi) is 6.29. The molecule has 8 heteroatoms. The lowest BCUT2D eigenvalue weighted by molar-refractivity contribution is 0.0947. The number of rotatable bonds is 6. The smallest absolute Gasteiger partial charge is 0.254 e. The van der Waals surface area contributed by atoms with Crippen LogP contribution in [0.4, 0.5) is 4.39 Å². The summed E-state index contributed by atoms with van der Waals surface area (Å²) in [6.07, 6.45) is 2.52. The van der Waals surface area contributed by atoms with E-state index in [-0.39, 0.29) is 11.7 Å². The van der Waals surface area contributed by atoms with Gasteiger partial charge >= 0.3 is 0 Å². The van der Waals surface area contributed by atoms with Gasteiger partial charge < -0.3 is 15.1 Å². The van der Waals surface area contributed by atoms with Gasteiger partial charge in [-0.05, 0) is 51.6 Å². The maximum Gasteiger partial charge on any atom is 0.254 e. The molecule has 3 aromatic rings. The highest BCUT2D eigenvalue weighted by Crippen LogP contribution is 2.28. The maximum atomic E-state index is 13.3. The third-order valence-corrected chi connectivity index (χ3v) is 5.97. The van der Waals surface area contributed by atoms with Crippen molar-refractivity contribution >= 4 is 11.6 Å². The Labute approximate surface area is 181 Å². The van der Waals surface area contributed by atoms with Crippen LogP contribution >= 0.6 is 0 Å². The quantitative estimate of drug-likeness (QED) is 0.616. The van der Waals surface area contributed by atoms with Gasteiger partial charge in [-0.1, -0.05) is 12.1 Å². The van der Waals surface area contributed by atoms with Crippen molar-refractivity contribution < 1.29 is 9.18 Å². The number of aromatic nitrogens is 3. The third-order valence-electron chi connectivity index (χ3n) is 5.97. The standard InChI is InChI=1S/C23H29FN6O/c1-16-21(18-5-7-19(24)8-6-18)22-26-15-20(17(2)30(22)27-16)23(31)25-9-4-10-29-13-11-28(3)12-14-29/h5-8,15H,4,9-14H2,1-3H3,(H,25,31). The Balaban J connectivity index is 1.44. The number of carbonyl (C=O) groups excluding carboxylic acids is 1. The molecule has 0 radical (unpaired) electrons. The number of fused-ring (bicyclic) bond motifs is 1. The summed E-state index contributed by atoms with van der Waals surface area (Å²) in [5.74, 6) is -0.421. The number of likely N-dealkylation sites (N-methyl/N-ethyl adjacent to an activating group) is 1. The summed E-state index contributed by atoms with van der Waals surface area (Å²) in [6.45, 7) is 9.74. The molecule has 1 aliphatic heterocycles. The number of halogens is 1. The Hall–Kier alpha value is -2.84. The van der Waals surface area contributed by atoms with E-state index in [0.717, 1.165) is 61.7 Å². The molecule has 0 unspecified atom stereocenters. The second-order valence-electron chi connectivity index (χ2n) is 8.21. The molecular weight excluding hydrogens is 395 g/mol. The Morgan fingerprint density at radius 3 is 2.55 bits per heavy atom. The highest BCUT2D eigenvalue weighted by Gasteiger charge is 2.19. The van der Waals surface area contributed by atoms with Gasteiger partial charge in [0.05, 0.1) is 17.0 Å². The fraction of sp³-hybridized carbons (Fsp3) is 0.435. The average Bonchev–Trinajstić information content (AvgIpc) is 3.10. The molecular formula is C23H29FN6O. The van der Waals surface area contributed by atoms with Gasteiger partial charge in [0, 0.05) is 44.5 Å². The number of piperazine rings is 1. The van der Waals surface area contributed by atoms with Crippen molar-refractivity contribution in [2.45, 2.75) is 20.3 Å². The lowest BCUT2D eigenvalue weighted by Crippen LogP contribution is -2.45. The van der Waals surface area contributed by atoms with E-state index in [1.165, 1.54) is 12.1 Å². The summed E-state index contributed by atoms with van der Waals surface area (Å²) in [5.41, 5.74) is 4.39. The lowest BCUT2D eigenvalue weighted by atomic mass is 10.1. The summed E-state index contributed by atoms with van der Waals surface area (Å²) in [6, 6.07) is 6.29. The molecule has 1 aliphatic rings. The number of carbonyl (C=O) groups is 1. The molecule has 3 heterocycles. The summed E-state index contributed by atoms with van der Waals surface area (Å²) in [4.78, 5) is 22.0. The van der Waals surface area contributed by atoms with Crippen LogP contribution < -0.4 is 5.32 Å². The topological polar surface area (TPSA) is 65.8 Å². The molecule has 2 aromatic heterocycles. The number of nitrogens with one attached hydrogen (secondary N) is 1. The molecule has 1 fully saturated rings. The molecule has 31 heavy (non-hydrogen) atoms. The van der Waals surface area contributed by atoms with E-state index in [1.807, 2.05) is 13.8 Å². The number of aryl methyl sites for hydroxylation is 2. The van der Waals surface area contributed by atoms with Gasteiger partial charge in [-0.25, -0.2) is 13.9 Å². The van der Waals surface area contributed by atoms with E-state index in [4.69, 9.17) is 0 Å². The van der Waals surface area contributed by atoms with Gasteiger partial charge in [0.2, 0.25) is 0 Å². The minimum absolute atomic E-state index is 0.137. The minimum Gasteiger partial charge on any atom is -0.352 e. The highest BCUT2D eigenvalue weighted by molar-refractivity contribution is 5.95. The van der Waals surface area contributed by atoms with Crippen LogP contribution in [0.1, 0.15) is 28.2 Å². The summed E-state index contributed by atoms with van der Waals surface area (Å²) in [5, 5.41) is 7.60. The first-order valence-corrected chi connectivity index (χ1v) is 10.7. The van der Waals surface area contributed by atoms with Gasteiger partial charge in [0.1, 0.15) is 5.82 Å². The lowest BCUT2D eigenvalue weighted by Gasteiger charge is -2.32. The van der Waals surface area contributed by atoms with Crippen LogP contribution in [0.15, 0.2) is 30.5 Å². The zero-order valence-electron chi connectivity index (χ0n) is 18.4. The van der Waals surface area contributed by atoms with Gasteiger partial charge in [0.25, 0.3) is 5.91 Å². The molecule has 0 saturated carbocycles. The van der Waals surface area contributed by atoms with E-state index >= 15 is 0 Å². The molecule has 1 aromatic carbocycles. The maximum absolute atomic E-state index is 13.3. The Morgan fingerprint density at radius 1 is 1.13 bits per heavy atom. The summed E-state index contributed by atoms with van der Waals surface area (Å²) >= 11 is 0. The number of nitrogens with zero attached hydrogens (tertiary/aromatic N) is 5. The van der Waals surface area contributed by atoms with Crippen molar-refractivity contribution in [2.75, 3.05) is 46.3 Å². The first kappa shape index (κ1) is 21.4. The Morgan fingerprint density at radius 2 is 1.84 bits per heavy atom. The molecule has 164 valence electrons. The van der Waals surface area contributed by atoms with Crippen molar-refractivity contribution in [3.05, 3.63) is 53.2 Å². The van der Waals surface area contributed by atoms with Crippen LogP contribution in [0.3, 0.4) is 0 Å². The second kappa shape index (κ2) is 9.11. The third kappa shape index (κ3) is 4.60. The summed E-state index contributed by atoms with van der Waals surface area (Å²) < 4.78 is 15.0. The van der Waals surface area contributed by atoms with E-state index in [0.29, 0.717) is 17.8 Å². The van der Waals surface area contributed by atoms with Gasteiger partial charge in [-0.15, -0.1) is 0 Å².